The molecule has 1 aliphatic heterocycles. The zero-order chi connectivity index (χ0) is 23.4. The molecule has 1 amide bonds. The van der Waals surface area contributed by atoms with Gasteiger partial charge in [-0.2, -0.15) is 9.40 Å². The van der Waals surface area contributed by atoms with Crippen molar-refractivity contribution in [3.8, 4) is 5.69 Å². The lowest BCUT2D eigenvalue weighted by Crippen LogP contribution is -2.35. The summed E-state index contributed by atoms with van der Waals surface area (Å²) in [5.41, 5.74) is 2.65. The number of nitrogens with one attached hydrogen (secondary N) is 1. The molecule has 1 fully saturated rings. The fourth-order valence-corrected chi connectivity index (χ4v) is 5.54. The molecule has 0 spiro atoms. The van der Waals surface area contributed by atoms with Crippen molar-refractivity contribution in [2.45, 2.75) is 44.0 Å². The van der Waals surface area contributed by atoms with Gasteiger partial charge in [-0.05, 0) is 61.2 Å². The van der Waals surface area contributed by atoms with Gasteiger partial charge in [-0.15, -0.1) is 0 Å². The summed E-state index contributed by atoms with van der Waals surface area (Å²) in [5, 5.41) is 7.18. The fraction of sp³-hybridized carbons (Fsp3) is 0.333. The van der Waals surface area contributed by atoms with Crippen molar-refractivity contribution in [3.63, 3.8) is 0 Å². The number of hydrogen-bond donors (Lipinski definition) is 1. The van der Waals surface area contributed by atoms with Gasteiger partial charge in [-0.3, -0.25) is 4.79 Å². The van der Waals surface area contributed by atoms with Crippen LogP contribution in [0.5, 0.6) is 0 Å². The Morgan fingerprint density at radius 1 is 1.03 bits per heavy atom. The molecule has 174 valence electrons. The van der Waals surface area contributed by atoms with Gasteiger partial charge in [0.2, 0.25) is 10.0 Å². The Bertz CT molecular complexity index is 1220. The SMILES string of the molecule is CCc1c(C(=O)NCc2ccc(S(=O)(=O)N3CCCCC3)cc2)cnn1-c1ccc(F)cc1. The minimum Gasteiger partial charge on any atom is -0.348 e. The van der Waals surface area contributed by atoms with Crippen molar-refractivity contribution >= 4 is 15.9 Å². The van der Waals surface area contributed by atoms with Crippen LogP contribution in [-0.2, 0) is 23.0 Å². The molecule has 0 radical (unpaired) electrons. The predicted octanol–water partition coefficient (Wildman–Crippen LogP) is 3.68. The monoisotopic (exact) mass is 470 g/mol. The lowest BCUT2D eigenvalue weighted by molar-refractivity contribution is 0.0950. The smallest absolute Gasteiger partial charge is 0.255 e. The summed E-state index contributed by atoms with van der Waals surface area (Å²) in [6.45, 7) is 3.31. The standard InChI is InChI=1S/C24H27FN4O3S/c1-2-23-22(17-27-29(23)20-10-8-19(25)9-11-20)24(30)26-16-18-6-12-21(13-7-18)33(31,32)28-14-4-3-5-15-28/h6-13,17H,2-5,14-16H2,1H3,(H,26,30). The van der Waals surface area contributed by atoms with Crippen molar-refractivity contribution in [3.05, 3.63) is 77.4 Å². The van der Waals surface area contributed by atoms with Crippen LogP contribution in [0.25, 0.3) is 5.69 Å². The maximum absolute atomic E-state index is 13.2. The minimum atomic E-state index is -3.48. The van der Waals surface area contributed by atoms with Crippen LogP contribution in [0.15, 0.2) is 59.6 Å². The van der Waals surface area contributed by atoms with E-state index in [9.17, 15) is 17.6 Å². The largest absolute Gasteiger partial charge is 0.348 e. The zero-order valence-electron chi connectivity index (χ0n) is 18.5. The number of amides is 1. The van der Waals surface area contributed by atoms with E-state index in [1.54, 1.807) is 45.4 Å². The molecule has 0 atom stereocenters. The summed E-state index contributed by atoms with van der Waals surface area (Å²) in [4.78, 5) is 13.1. The van der Waals surface area contributed by atoms with Crippen LogP contribution in [0.1, 0.15) is 47.8 Å². The average molecular weight is 471 g/mol. The summed E-state index contributed by atoms with van der Waals surface area (Å²) in [5.74, 6) is -0.609. The van der Waals surface area contributed by atoms with E-state index in [-0.39, 0.29) is 23.2 Å². The van der Waals surface area contributed by atoms with Gasteiger partial charge in [0.05, 0.1) is 28.0 Å². The highest BCUT2D eigenvalue weighted by atomic mass is 32.2. The van der Waals surface area contributed by atoms with Crippen molar-refractivity contribution < 1.29 is 17.6 Å². The Balaban J connectivity index is 1.43. The molecule has 0 unspecified atom stereocenters. The van der Waals surface area contributed by atoms with Gasteiger partial charge in [0.25, 0.3) is 5.91 Å². The topological polar surface area (TPSA) is 84.3 Å². The minimum absolute atomic E-state index is 0.258. The lowest BCUT2D eigenvalue weighted by Gasteiger charge is -2.25. The van der Waals surface area contributed by atoms with Crippen LogP contribution in [0, 0.1) is 5.82 Å². The van der Waals surface area contributed by atoms with E-state index in [0.717, 1.165) is 30.5 Å². The second-order valence-corrected chi connectivity index (χ2v) is 9.98. The highest BCUT2D eigenvalue weighted by Gasteiger charge is 2.25. The molecule has 0 bridgehead atoms. The third-order valence-electron chi connectivity index (χ3n) is 5.85. The van der Waals surface area contributed by atoms with E-state index in [4.69, 9.17) is 0 Å². The molecule has 7 nitrogen and oxygen atoms in total. The van der Waals surface area contributed by atoms with Crippen molar-refractivity contribution in [1.29, 1.82) is 0 Å². The van der Waals surface area contributed by atoms with Crippen molar-refractivity contribution in [2.75, 3.05) is 13.1 Å². The van der Waals surface area contributed by atoms with Gasteiger partial charge in [-0.1, -0.05) is 25.5 Å². The maximum atomic E-state index is 13.2. The first-order valence-electron chi connectivity index (χ1n) is 11.1. The van der Waals surface area contributed by atoms with Gasteiger partial charge < -0.3 is 5.32 Å². The van der Waals surface area contributed by atoms with E-state index in [1.165, 1.54) is 18.3 Å². The number of sulfonamides is 1. The van der Waals surface area contributed by atoms with E-state index in [2.05, 4.69) is 10.4 Å². The van der Waals surface area contributed by atoms with Crippen molar-refractivity contribution in [1.82, 2.24) is 19.4 Å². The first-order valence-corrected chi connectivity index (χ1v) is 12.5. The van der Waals surface area contributed by atoms with Crippen molar-refractivity contribution in [2.24, 2.45) is 0 Å². The Hall–Kier alpha value is -3.04. The Labute approximate surface area is 193 Å². The van der Waals surface area contributed by atoms with E-state index in [1.807, 2.05) is 6.92 Å². The van der Waals surface area contributed by atoms with Gasteiger partial charge in [0.1, 0.15) is 5.82 Å². The Kier molecular flexibility index (Phi) is 6.90. The van der Waals surface area contributed by atoms with Crippen LogP contribution >= 0.6 is 0 Å². The summed E-state index contributed by atoms with van der Waals surface area (Å²) in [6.07, 6.45) is 4.92. The molecule has 2 aromatic carbocycles. The van der Waals surface area contributed by atoms with Crippen LogP contribution in [0.3, 0.4) is 0 Å². The van der Waals surface area contributed by atoms with E-state index in [0.29, 0.717) is 30.8 Å². The van der Waals surface area contributed by atoms with Gasteiger partial charge in [0.15, 0.2) is 0 Å². The highest BCUT2D eigenvalue weighted by molar-refractivity contribution is 7.89. The van der Waals surface area contributed by atoms with Gasteiger partial charge >= 0.3 is 0 Å². The van der Waals surface area contributed by atoms with Crippen LogP contribution < -0.4 is 5.32 Å². The van der Waals surface area contributed by atoms with E-state index >= 15 is 0 Å². The zero-order valence-corrected chi connectivity index (χ0v) is 19.3. The van der Waals surface area contributed by atoms with E-state index < -0.39 is 10.0 Å². The molecule has 2 heterocycles. The number of piperidine rings is 1. The summed E-state index contributed by atoms with van der Waals surface area (Å²) >= 11 is 0. The number of aromatic nitrogens is 2. The molecule has 1 aromatic heterocycles. The maximum Gasteiger partial charge on any atom is 0.255 e. The number of hydrogen-bond acceptors (Lipinski definition) is 4. The number of carbonyl (C=O) groups excluding carboxylic acids is 1. The molecule has 3 aromatic rings. The second-order valence-electron chi connectivity index (χ2n) is 8.04. The molecule has 1 aliphatic rings. The molecule has 1 N–H and O–H groups in total. The Morgan fingerprint density at radius 2 is 1.70 bits per heavy atom. The molecule has 4 rings (SSSR count). The highest BCUT2D eigenvalue weighted by Crippen LogP contribution is 2.21. The van der Waals surface area contributed by atoms with Gasteiger partial charge in [-0.25, -0.2) is 17.5 Å². The third-order valence-corrected chi connectivity index (χ3v) is 7.76. The molecular weight excluding hydrogens is 443 g/mol. The predicted molar refractivity (Wildman–Crippen MR) is 123 cm³/mol. The first kappa shape index (κ1) is 23.1. The summed E-state index contributed by atoms with van der Waals surface area (Å²) in [7, 11) is -3.48. The number of halogens is 1. The normalized spacial score (nSPS) is 14.8. The molecule has 0 aliphatic carbocycles. The Morgan fingerprint density at radius 3 is 2.33 bits per heavy atom. The number of rotatable bonds is 7. The summed E-state index contributed by atoms with van der Waals surface area (Å²) < 4.78 is 42.0. The second kappa shape index (κ2) is 9.84. The molecule has 1 saturated heterocycles. The molecule has 9 heteroatoms. The average Bonchev–Trinajstić information content (AvgIpc) is 3.28. The summed E-state index contributed by atoms with van der Waals surface area (Å²) in [6, 6.07) is 12.6. The van der Waals surface area contributed by atoms with Crippen LogP contribution in [0.2, 0.25) is 0 Å². The number of carbonyl (C=O) groups is 1. The molecule has 33 heavy (non-hydrogen) atoms. The lowest BCUT2D eigenvalue weighted by atomic mass is 10.1. The van der Waals surface area contributed by atoms with Crippen LogP contribution in [-0.4, -0.2) is 41.5 Å². The number of nitrogens with zero attached hydrogens (tertiary/aromatic N) is 3. The third kappa shape index (κ3) is 4.99. The first-order chi connectivity index (χ1) is 15.9. The fourth-order valence-electron chi connectivity index (χ4n) is 4.02. The number of benzene rings is 2. The van der Waals surface area contributed by atoms with Gasteiger partial charge in [0, 0.05) is 19.6 Å². The van der Waals surface area contributed by atoms with Crippen LogP contribution in [0.4, 0.5) is 4.39 Å². The quantitative estimate of drug-likeness (QED) is 0.571. The molecule has 0 saturated carbocycles. The molecular formula is C24H27FN4O3S.